The van der Waals surface area contributed by atoms with Crippen LogP contribution in [0.25, 0.3) is 5.00 Å². The van der Waals surface area contributed by atoms with Crippen molar-refractivity contribution in [1.82, 2.24) is 25.5 Å². The molecule has 2 aromatic heterocycles. The molecule has 0 spiro atoms. The summed E-state index contributed by atoms with van der Waals surface area (Å²) in [7, 11) is 0. The molecular formula is C22H25N7OS2. The maximum absolute atomic E-state index is 12.6. The lowest BCUT2D eigenvalue weighted by atomic mass is 9.87. The van der Waals surface area contributed by atoms with E-state index in [4.69, 9.17) is 0 Å². The first-order valence-corrected chi connectivity index (χ1v) is 12.7. The number of carbonyl (C=O) groups excluding carboxylic acids is 1. The van der Waals surface area contributed by atoms with E-state index < -0.39 is 0 Å². The summed E-state index contributed by atoms with van der Waals surface area (Å²) in [5, 5.41) is 19.5. The zero-order valence-corrected chi connectivity index (χ0v) is 19.6. The van der Waals surface area contributed by atoms with Crippen LogP contribution in [0, 0.1) is 12.8 Å². The molecule has 1 aromatic carbocycles. The summed E-state index contributed by atoms with van der Waals surface area (Å²) in [6, 6.07) is 7.84. The summed E-state index contributed by atoms with van der Waals surface area (Å²) in [5.74, 6) is 1.71. The lowest BCUT2D eigenvalue weighted by Crippen LogP contribution is -2.39. The Hall–Kier alpha value is -2.40. The van der Waals surface area contributed by atoms with E-state index in [0.29, 0.717) is 12.6 Å². The predicted octanol–water partition coefficient (Wildman–Crippen LogP) is 3.38. The first-order chi connectivity index (χ1) is 15.6. The van der Waals surface area contributed by atoms with Crippen molar-refractivity contribution in [3.63, 3.8) is 0 Å². The first kappa shape index (κ1) is 20.2. The Morgan fingerprint density at radius 3 is 3.16 bits per heavy atom. The van der Waals surface area contributed by atoms with Crippen LogP contribution in [0.1, 0.15) is 41.1 Å². The number of anilines is 2. The number of rotatable bonds is 4. The van der Waals surface area contributed by atoms with Crippen LogP contribution in [-0.4, -0.2) is 33.1 Å². The van der Waals surface area contributed by atoms with Crippen molar-refractivity contribution in [3.8, 4) is 5.00 Å². The summed E-state index contributed by atoms with van der Waals surface area (Å²) < 4.78 is 2.13. The van der Waals surface area contributed by atoms with Gasteiger partial charge < -0.3 is 5.32 Å². The van der Waals surface area contributed by atoms with Crippen molar-refractivity contribution >= 4 is 40.6 Å². The van der Waals surface area contributed by atoms with Crippen LogP contribution >= 0.6 is 23.1 Å². The average molecular weight is 468 g/mol. The Kier molecular flexibility index (Phi) is 4.98. The number of carbonyl (C=O) groups is 1. The van der Waals surface area contributed by atoms with Gasteiger partial charge in [0.15, 0.2) is 5.16 Å². The van der Waals surface area contributed by atoms with E-state index in [1.54, 1.807) is 0 Å². The number of hydrazine groups is 1. The van der Waals surface area contributed by atoms with Gasteiger partial charge in [-0.2, -0.15) is 0 Å². The highest BCUT2D eigenvalue weighted by atomic mass is 32.2. The Labute approximate surface area is 194 Å². The quantitative estimate of drug-likeness (QED) is 0.507. The zero-order chi connectivity index (χ0) is 21.8. The van der Waals surface area contributed by atoms with Crippen LogP contribution < -0.4 is 21.1 Å². The van der Waals surface area contributed by atoms with Gasteiger partial charge in [-0.05, 0) is 55.4 Å². The number of hydrogen-bond acceptors (Lipinski definition) is 8. The van der Waals surface area contributed by atoms with Crippen LogP contribution in [0.2, 0.25) is 0 Å². The lowest BCUT2D eigenvalue weighted by molar-refractivity contribution is -0.113. The number of aryl methyl sites for hydroxylation is 2. The number of thioether (sulfide) groups is 1. The minimum Gasteiger partial charge on any atom is -0.325 e. The highest BCUT2D eigenvalue weighted by Gasteiger charge is 2.42. The van der Waals surface area contributed by atoms with Crippen LogP contribution in [0.4, 0.5) is 11.6 Å². The predicted molar refractivity (Wildman–Crippen MR) is 127 cm³/mol. The summed E-state index contributed by atoms with van der Waals surface area (Å²) >= 11 is 3.29. The van der Waals surface area contributed by atoms with Crippen molar-refractivity contribution in [1.29, 1.82) is 0 Å². The maximum Gasteiger partial charge on any atom is 0.249 e. The number of hydrogen-bond donors (Lipinski definition) is 3. The van der Waals surface area contributed by atoms with Gasteiger partial charge in [0, 0.05) is 16.1 Å². The molecule has 4 heterocycles. The minimum absolute atomic E-state index is 0.0490. The fourth-order valence-corrected chi connectivity index (χ4v) is 6.95. The van der Waals surface area contributed by atoms with Gasteiger partial charge in [-0.25, -0.2) is 9.99 Å². The minimum atomic E-state index is -0.0490. The first-order valence-electron chi connectivity index (χ1n) is 10.9. The maximum atomic E-state index is 12.6. The molecule has 2 atom stereocenters. The Balaban J connectivity index is 1.30. The van der Waals surface area contributed by atoms with Gasteiger partial charge in [-0.15, -0.1) is 21.5 Å². The van der Waals surface area contributed by atoms with Gasteiger partial charge in [-0.3, -0.25) is 15.1 Å². The number of nitrogens with one attached hydrogen (secondary N) is 3. The van der Waals surface area contributed by atoms with E-state index in [1.165, 1.54) is 39.2 Å². The number of fused-ring (bicyclic) bond motifs is 8. The molecule has 166 valence electrons. The summed E-state index contributed by atoms with van der Waals surface area (Å²) in [4.78, 5) is 14.1. The Morgan fingerprint density at radius 1 is 1.38 bits per heavy atom. The highest BCUT2D eigenvalue weighted by Crippen LogP contribution is 2.48. The molecule has 1 aliphatic carbocycles. The molecule has 3 aliphatic rings. The number of amides is 1. The zero-order valence-electron chi connectivity index (χ0n) is 18.0. The molecule has 8 nitrogen and oxygen atoms in total. The van der Waals surface area contributed by atoms with Gasteiger partial charge in [0.05, 0.1) is 12.4 Å². The molecule has 3 aromatic rings. The summed E-state index contributed by atoms with van der Waals surface area (Å²) in [6.07, 6.45) is 3.57. The SMILES string of the molecule is Cc1cccc(NC(=O)CSc2nnc3n2-c2sc4c(c2C2NCNN32)C[C@@H](C)CC4)c1. The van der Waals surface area contributed by atoms with Crippen LogP contribution in [-0.2, 0) is 17.6 Å². The molecule has 0 saturated carbocycles. The second-order valence-electron chi connectivity index (χ2n) is 8.71. The fraction of sp³-hybridized carbons (Fsp3) is 0.409. The van der Waals surface area contributed by atoms with Gasteiger partial charge in [0.25, 0.3) is 0 Å². The molecular weight excluding hydrogens is 442 g/mol. The van der Waals surface area contributed by atoms with E-state index in [1.807, 2.05) is 42.5 Å². The molecule has 32 heavy (non-hydrogen) atoms. The van der Waals surface area contributed by atoms with E-state index >= 15 is 0 Å². The lowest BCUT2D eigenvalue weighted by Gasteiger charge is -2.31. The third kappa shape index (κ3) is 3.33. The molecule has 1 fully saturated rings. The Bertz CT molecular complexity index is 1200. The average Bonchev–Trinajstić information content (AvgIpc) is 3.48. The molecule has 0 bridgehead atoms. The second-order valence-corrected chi connectivity index (χ2v) is 10.7. The molecule has 3 N–H and O–H groups in total. The highest BCUT2D eigenvalue weighted by molar-refractivity contribution is 7.99. The second kappa shape index (κ2) is 7.87. The van der Waals surface area contributed by atoms with Gasteiger partial charge in [0.1, 0.15) is 11.2 Å². The number of aromatic nitrogens is 3. The van der Waals surface area contributed by atoms with Crippen LogP contribution in [0.3, 0.4) is 0 Å². The van der Waals surface area contributed by atoms with Crippen molar-refractivity contribution in [2.24, 2.45) is 5.92 Å². The summed E-state index contributed by atoms with van der Waals surface area (Å²) in [6.45, 7) is 5.05. The molecule has 1 unspecified atom stereocenters. The van der Waals surface area contributed by atoms with E-state index in [2.05, 4.69) is 42.8 Å². The third-order valence-electron chi connectivity index (χ3n) is 6.27. The summed E-state index contributed by atoms with van der Waals surface area (Å²) in [5.41, 5.74) is 8.16. The fourth-order valence-electron chi connectivity index (χ4n) is 4.78. The molecule has 10 heteroatoms. The van der Waals surface area contributed by atoms with E-state index in [9.17, 15) is 4.79 Å². The number of benzene rings is 1. The number of thiophene rings is 1. The van der Waals surface area contributed by atoms with E-state index in [0.717, 1.165) is 35.2 Å². The largest absolute Gasteiger partial charge is 0.325 e. The monoisotopic (exact) mass is 467 g/mol. The van der Waals surface area contributed by atoms with Crippen molar-refractivity contribution in [3.05, 3.63) is 45.8 Å². The third-order valence-corrected chi connectivity index (χ3v) is 8.50. The van der Waals surface area contributed by atoms with Gasteiger partial charge in [0.2, 0.25) is 11.9 Å². The smallest absolute Gasteiger partial charge is 0.249 e. The van der Waals surface area contributed by atoms with Gasteiger partial charge >= 0.3 is 0 Å². The van der Waals surface area contributed by atoms with Crippen LogP contribution in [0.15, 0.2) is 29.4 Å². The van der Waals surface area contributed by atoms with Crippen molar-refractivity contribution in [2.75, 3.05) is 22.7 Å². The van der Waals surface area contributed by atoms with Crippen molar-refractivity contribution < 1.29 is 4.79 Å². The van der Waals surface area contributed by atoms with Crippen LogP contribution in [0.5, 0.6) is 0 Å². The van der Waals surface area contributed by atoms with E-state index in [-0.39, 0.29) is 17.8 Å². The Morgan fingerprint density at radius 2 is 2.28 bits per heavy atom. The standard InChI is InChI=1S/C22H25N7OS2/c1-12-4-3-5-14(8-12)25-17(30)10-31-22-27-26-21-28(22)20-18(19-23-11-24-29(19)21)15-9-13(2)6-7-16(15)32-20/h3-5,8,13,19,23-24H,6-7,9-11H2,1-2H3,(H,25,30)/t13-,19?/m0/s1. The molecule has 0 radical (unpaired) electrons. The molecule has 1 amide bonds. The molecule has 2 aliphatic heterocycles. The van der Waals surface area contributed by atoms with Gasteiger partial charge in [-0.1, -0.05) is 30.8 Å². The van der Waals surface area contributed by atoms with Crippen molar-refractivity contribution in [2.45, 2.75) is 44.4 Å². The molecule has 1 saturated heterocycles. The number of nitrogens with zero attached hydrogens (tertiary/aromatic N) is 4. The molecule has 6 rings (SSSR count). The topological polar surface area (TPSA) is 87.1 Å². The normalized spacial score (nSPS) is 21.0.